The van der Waals surface area contributed by atoms with Gasteiger partial charge in [-0.05, 0) is 56.6 Å². The minimum absolute atomic E-state index is 0.0283. The first-order valence-electron chi connectivity index (χ1n) is 10.1. The van der Waals surface area contributed by atoms with Crippen LogP contribution in [0.25, 0.3) is 0 Å². The number of aliphatic hydroxyl groups excluding tert-OH is 1. The van der Waals surface area contributed by atoms with E-state index >= 15 is 0 Å². The quantitative estimate of drug-likeness (QED) is 0.450. The highest BCUT2D eigenvalue weighted by Crippen LogP contribution is 2.27. The van der Waals surface area contributed by atoms with Gasteiger partial charge in [-0.2, -0.15) is 10.2 Å². The Balaban J connectivity index is 1.71. The van der Waals surface area contributed by atoms with E-state index in [9.17, 15) is 19.1 Å². The summed E-state index contributed by atoms with van der Waals surface area (Å²) in [6, 6.07) is 13.6. The zero-order valence-electron chi connectivity index (χ0n) is 18.2. The van der Waals surface area contributed by atoms with Crippen LogP contribution in [0, 0.1) is 23.0 Å². The molecule has 2 N–H and O–H groups in total. The van der Waals surface area contributed by atoms with Gasteiger partial charge in [-0.15, -0.1) is 0 Å². The van der Waals surface area contributed by atoms with Gasteiger partial charge >= 0.3 is 0 Å². The summed E-state index contributed by atoms with van der Waals surface area (Å²) in [5.41, 5.74) is 0.702. The van der Waals surface area contributed by atoms with E-state index in [2.05, 4.69) is 15.3 Å². The number of benzene rings is 2. The Hall–Kier alpha value is -3.81. The second-order valence-corrected chi connectivity index (χ2v) is 7.45. The molecule has 33 heavy (non-hydrogen) atoms. The molecule has 0 aliphatic heterocycles. The molecule has 3 aromatic rings. The Kier molecular flexibility index (Phi) is 8.07. The number of halogens is 2. The Morgan fingerprint density at radius 3 is 2.58 bits per heavy atom. The molecule has 1 aromatic heterocycles. The third-order valence-electron chi connectivity index (χ3n) is 4.48. The fraction of sp³-hybridized carbons (Fsp3) is 0.261. The second-order valence-electron chi connectivity index (χ2n) is 7.45. The van der Waals surface area contributed by atoms with Crippen molar-refractivity contribution >= 4 is 23.1 Å². The normalized spacial score (nSPS) is 11.7. The largest absolute Gasteiger partial charge is 0.491 e. The van der Waals surface area contributed by atoms with E-state index in [0.717, 1.165) is 12.1 Å². The number of ether oxygens (including phenoxy) is 1. The lowest BCUT2D eigenvalue weighted by molar-refractivity contribution is 0.0831. The molecule has 0 radical (unpaired) electrons. The summed E-state index contributed by atoms with van der Waals surface area (Å²) >= 11 is 0. The van der Waals surface area contributed by atoms with Crippen LogP contribution in [0.3, 0.4) is 0 Å². The monoisotopic (exact) mass is 454 g/mol. The first-order valence-corrected chi connectivity index (χ1v) is 10.1. The van der Waals surface area contributed by atoms with Gasteiger partial charge < -0.3 is 25.0 Å². The summed E-state index contributed by atoms with van der Waals surface area (Å²) in [6.45, 7) is 0.480. The molecule has 3 rings (SSSR count). The summed E-state index contributed by atoms with van der Waals surface area (Å²) in [6.07, 6.45) is 0.872. The maximum absolute atomic E-state index is 14.3. The Morgan fingerprint density at radius 2 is 1.91 bits per heavy atom. The number of rotatable bonds is 10. The van der Waals surface area contributed by atoms with E-state index in [4.69, 9.17) is 4.74 Å². The van der Waals surface area contributed by atoms with Gasteiger partial charge in [0.1, 0.15) is 42.5 Å². The SMILES string of the molecule is CN(C)CC(O)COc1ccc(Nc2nccc(N(CC#N)c3ccc(F)cc3F)n2)cc1. The van der Waals surface area contributed by atoms with E-state index in [1.807, 2.05) is 25.1 Å². The number of nitriles is 1. The van der Waals surface area contributed by atoms with Crippen molar-refractivity contribution in [2.45, 2.75) is 6.10 Å². The molecule has 0 saturated carbocycles. The number of nitrogens with zero attached hydrogens (tertiary/aromatic N) is 5. The number of aromatic nitrogens is 2. The Bertz CT molecular complexity index is 1100. The van der Waals surface area contributed by atoms with Crippen LogP contribution in [0.1, 0.15) is 0 Å². The fourth-order valence-electron chi connectivity index (χ4n) is 3.05. The molecule has 1 heterocycles. The molecule has 0 aliphatic carbocycles. The molecule has 2 aromatic carbocycles. The number of hydrogen-bond acceptors (Lipinski definition) is 8. The van der Waals surface area contributed by atoms with Gasteiger partial charge in [-0.25, -0.2) is 13.8 Å². The maximum atomic E-state index is 14.3. The summed E-state index contributed by atoms with van der Waals surface area (Å²) in [5.74, 6) is -0.412. The highest BCUT2D eigenvalue weighted by Gasteiger charge is 2.16. The second kappa shape index (κ2) is 11.2. The van der Waals surface area contributed by atoms with Gasteiger partial charge in [0.15, 0.2) is 0 Å². The Morgan fingerprint density at radius 1 is 1.15 bits per heavy atom. The van der Waals surface area contributed by atoms with Crippen LogP contribution < -0.4 is 15.0 Å². The molecular formula is C23H24F2N6O2. The lowest BCUT2D eigenvalue weighted by atomic mass is 10.2. The number of nitrogens with one attached hydrogen (secondary N) is 1. The fourth-order valence-corrected chi connectivity index (χ4v) is 3.05. The van der Waals surface area contributed by atoms with Crippen molar-refractivity contribution in [1.82, 2.24) is 14.9 Å². The summed E-state index contributed by atoms with van der Waals surface area (Å²) in [7, 11) is 3.74. The van der Waals surface area contributed by atoms with Crippen molar-refractivity contribution in [3.8, 4) is 11.8 Å². The van der Waals surface area contributed by atoms with Crippen LogP contribution >= 0.6 is 0 Å². The molecule has 0 saturated heterocycles. The average Bonchev–Trinajstić information content (AvgIpc) is 2.77. The molecule has 0 aliphatic rings. The third-order valence-corrected chi connectivity index (χ3v) is 4.48. The molecular weight excluding hydrogens is 430 g/mol. The van der Waals surface area contributed by atoms with Crippen molar-refractivity contribution in [2.75, 3.05) is 44.0 Å². The lowest BCUT2D eigenvalue weighted by Gasteiger charge is -2.21. The van der Waals surface area contributed by atoms with Crippen molar-refractivity contribution in [2.24, 2.45) is 0 Å². The smallest absolute Gasteiger partial charge is 0.229 e. The lowest BCUT2D eigenvalue weighted by Crippen LogP contribution is -2.30. The van der Waals surface area contributed by atoms with Crippen LogP contribution in [-0.4, -0.2) is 59.9 Å². The zero-order valence-corrected chi connectivity index (χ0v) is 18.2. The molecule has 172 valence electrons. The topological polar surface area (TPSA) is 97.5 Å². The van der Waals surface area contributed by atoms with Gasteiger partial charge in [0, 0.05) is 24.5 Å². The number of hydrogen-bond donors (Lipinski definition) is 2. The van der Waals surface area contributed by atoms with Gasteiger partial charge in [0.25, 0.3) is 0 Å². The van der Waals surface area contributed by atoms with E-state index in [-0.39, 0.29) is 30.6 Å². The summed E-state index contributed by atoms with van der Waals surface area (Å²) in [4.78, 5) is 11.7. The molecule has 0 bridgehead atoms. The number of anilines is 4. The molecule has 10 heteroatoms. The molecule has 0 amide bonds. The van der Waals surface area contributed by atoms with Crippen molar-refractivity contribution in [3.05, 3.63) is 66.4 Å². The highest BCUT2D eigenvalue weighted by atomic mass is 19.1. The van der Waals surface area contributed by atoms with Crippen LogP contribution in [0.5, 0.6) is 5.75 Å². The number of likely N-dealkylation sites (N-methyl/N-ethyl adjacent to an activating group) is 1. The minimum atomic E-state index is -0.801. The van der Waals surface area contributed by atoms with Crippen molar-refractivity contribution in [3.63, 3.8) is 0 Å². The zero-order chi connectivity index (χ0) is 23.8. The number of aliphatic hydroxyl groups is 1. The predicted octanol–water partition coefficient (Wildman–Crippen LogP) is 3.46. The van der Waals surface area contributed by atoms with E-state index in [1.54, 1.807) is 24.3 Å². The summed E-state index contributed by atoms with van der Waals surface area (Å²) in [5, 5.41) is 22.1. The van der Waals surface area contributed by atoms with Crippen molar-refractivity contribution < 1.29 is 18.6 Å². The molecule has 0 spiro atoms. The standard InChI is InChI=1S/C23H24F2N6O2/c1-30(2)14-18(32)15-33-19-6-4-17(5-7-19)28-23-27-11-9-22(29-23)31(12-10-26)21-8-3-16(24)13-20(21)25/h3-9,11,13,18,32H,12,14-15H2,1-2H3,(H,27,28,29). The van der Waals surface area contributed by atoms with Crippen LogP contribution in [-0.2, 0) is 0 Å². The molecule has 0 fully saturated rings. The maximum Gasteiger partial charge on any atom is 0.229 e. The third kappa shape index (κ3) is 6.83. The van der Waals surface area contributed by atoms with Gasteiger partial charge in [-0.3, -0.25) is 0 Å². The minimum Gasteiger partial charge on any atom is -0.491 e. The van der Waals surface area contributed by atoms with Crippen LogP contribution in [0.2, 0.25) is 0 Å². The van der Waals surface area contributed by atoms with Crippen LogP contribution in [0.4, 0.5) is 31.9 Å². The molecule has 1 atom stereocenters. The Labute approximate surface area is 190 Å². The van der Waals surface area contributed by atoms with E-state index < -0.39 is 17.7 Å². The van der Waals surface area contributed by atoms with Crippen LogP contribution in [0.15, 0.2) is 54.7 Å². The summed E-state index contributed by atoms with van der Waals surface area (Å²) < 4.78 is 33.2. The van der Waals surface area contributed by atoms with E-state index in [0.29, 0.717) is 18.0 Å². The van der Waals surface area contributed by atoms with Gasteiger partial charge in [0.2, 0.25) is 5.95 Å². The van der Waals surface area contributed by atoms with Gasteiger partial charge in [0.05, 0.1) is 11.8 Å². The first kappa shape index (κ1) is 23.8. The van der Waals surface area contributed by atoms with E-state index in [1.165, 1.54) is 23.2 Å². The van der Waals surface area contributed by atoms with Crippen molar-refractivity contribution in [1.29, 1.82) is 5.26 Å². The molecule has 1 unspecified atom stereocenters. The van der Waals surface area contributed by atoms with Gasteiger partial charge in [-0.1, -0.05) is 0 Å². The molecule has 8 nitrogen and oxygen atoms in total. The first-order chi connectivity index (χ1) is 15.9. The predicted molar refractivity (Wildman–Crippen MR) is 121 cm³/mol. The average molecular weight is 454 g/mol. The highest BCUT2D eigenvalue weighted by molar-refractivity contribution is 5.63.